The standard InChI is InChI=1S/C54H46N4O2.Pt/c1-36-37(2)57(43-31-40(53(3,4)38-18-9-7-10-19-38)30-41(32-43)54(5,6)39-20-11-8-12-21-39)35-56(36)42-22-17-23-44(33-42)59-45-28-29-47-46-24-13-15-26-49(46)58(50(47)34-45)52-55-48-25-14-16-27-51(48)60-52;/h7-32,35,52H,1-6H3;/q-4;+4. The van der Waals surface area contributed by atoms with Gasteiger partial charge >= 0.3 is 21.1 Å². The minimum atomic E-state index is -0.552. The van der Waals surface area contributed by atoms with Crippen LogP contribution in [-0.2, 0) is 31.9 Å². The fourth-order valence-corrected chi connectivity index (χ4v) is 8.63. The Labute approximate surface area is 373 Å². The molecule has 0 bridgehead atoms. The van der Waals surface area contributed by atoms with Crippen molar-refractivity contribution in [3.63, 3.8) is 0 Å². The van der Waals surface area contributed by atoms with E-state index in [1.54, 1.807) is 0 Å². The molecule has 0 radical (unpaired) electrons. The van der Waals surface area contributed by atoms with Crippen molar-refractivity contribution in [2.45, 2.75) is 58.7 Å². The third-order valence-electron chi connectivity index (χ3n) is 12.5. The monoisotopic (exact) mass is 977 g/mol. The second-order valence-corrected chi connectivity index (χ2v) is 16.8. The third-order valence-corrected chi connectivity index (χ3v) is 12.5. The Balaban J connectivity index is 0.00000476. The molecular weight excluding hydrogens is 932 g/mol. The molecule has 2 aliphatic heterocycles. The number of ether oxygens (including phenoxy) is 2. The maximum atomic E-state index is 6.56. The molecule has 0 spiro atoms. The summed E-state index contributed by atoms with van der Waals surface area (Å²) in [6.45, 7) is 15.8. The van der Waals surface area contributed by atoms with Crippen molar-refractivity contribution in [1.82, 2.24) is 4.57 Å². The fraction of sp³-hybridized carbons (Fsp3) is 0.167. The zero-order chi connectivity index (χ0) is 41.2. The predicted octanol–water partition coefficient (Wildman–Crippen LogP) is 14.1. The molecule has 6 nitrogen and oxygen atoms in total. The number of para-hydroxylation sites is 3. The molecule has 1 atom stereocenters. The predicted molar refractivity (Wildman–Crippen MR) is 244 cm³/mol. The molecule has 0 amide bonds. The molecular formula is C54H46N4O2Pt. The minimum Gasteiger partial charge on any atom is -0.629 e. The van der Waals surface area contributed by atoms with E-state index in [1.165, 1.54) is 22.3 Å². The molecule has 61 heavy (non-hydrogen) atoms. The smallest absolute Gasteiger partial charge is 0.629 e. The van der Waals surface area contributed by atoms with Gasteiger partial charge in [0.1, 0.15) is 12.1 Å². The number of rotatable bonds is 9. The number of anilines is 2. The summed E-state index contributed by atoms with van der Waals surface area (Å²) in [5.41, 5.74) is 11.6. The summed E-state index contributed by atoms with van der Waals surface area (Å²) in [4.78, 5) is 4.50. The Bertz CT molecular complexity index is 2840. The van der Waals surface area contributed by atoms with Gasteiger partial charge in [0, 0.05) is 44.9 Å². The van der Waals surface area contributed by atoms with Gasteiger partial charge in [0.05, 0.1) is 0 Å². The van der Waals surface area contributed by atoms with Gasteiger partial charge in [0.2, 0.25) is 0 Å². The van der Waals surface area contributed by atoms with Crippen LogP contribution in [0.1, 0.15) is 70.1 Å². The second-order valence-electron chi connectivity index (χ2n) is 16.8. The molecule has 1 aromatic heterocycles. The Morgan fingerprint density at radius 1 is 0.590 bits per heavy atom. The first kappa shape index (κ1) is 40.2. The summed E-state index contributed by atoms with van der Waals surface area (Å²) in [5, 5.41) is 7.08. The van der Waals surface area contributed by atoms with E-state index >= 15 is 0 Å². The maximum absolute atomic E-state index is 6.56. The summed E-state index contributed by atoms with van der Waals surface area (Å²) in [7, 11) is 0. The van der Waals surface area contributed by atoms with Crippen LogP contribution in [0.5, 0.6) is 17.2 Å². The van der Waals surface area contributed by atoms with Crippen molar-refractivity contribution < 1.29 is 30.5 Å². The van der Waals surface area contributed by atoms with Gasteiger partial charge in [-0.25, -0.2) is 0 Å². The zero-order valence-electron chi connectivity index (χ0n) is 35.1. The molecule has 3 heterocycles. The van der Waals surface area contributed by atoms with Crippen LogP contribution in [0.4, 0.5) is 17.1 Å². The van der Waals surface area contributed by atoms with Crippen molar-refractivity contribution in [3.8, 4) is 17.2 Å². The summed E-state index contributed by atoms with van der Waals surface area (Å²) in [5.74, 6) is 1.94. The molecule has 7 heteroatoms. The van der Waals surface area contributed by atoms with Gasteiger partial charge in [0.15, 0.2) is 0 Å². The first-order chi connectivity index (χ1) is 29.1. The third kappa shape index (κ3) is 7.07. The van der Waals surface area contributed by atoms with Gasteiger partial charge in [-0.2, -0.15) is 12.1 Å². The number of allylic oxidation sites excluding steroid dienone is 2. The summed E-state index contributed by atoms with van der Waals surface area (Å²) < 4.78 is 15.0. The summed E-state index contributed by atoms with van der Waals surface area (Å²) in [6, 6.07) is 62.1. The summed E-state index contributed by atoms with van der Waals surface area (Å²) >= 11 is 0. The Morgan fingerprint density at radius 2 is 1.20 bits per heavy atom. The number of benzene rings is 7. The normalized spacial score (nSPS) is 15.1. The molecule has 8 aromatic rings. The van der Waals surface area contributed by atoms with Crippen LogP contribution in [0.25, 0.3) is 27.1 Å². The Hall–Kier alpha value is -6.23. The average molecular weight is 978 g/mol. The van der Waals surface area contributed by atoms with E-state index in [0.29, 0.717) is 11.5 Å². The van der Waals surface area contributed by atoms with Crippen LogP contribution in [0.15, 0.2) is 169 Å². The fourth-order valence-electron chi connectivity index (χ4n) is 8.63. The van der Waals surface area contributed by atoms with Crippen molar-refractivity contribution >= 4 is 38.9 Å². The summed E-state index contributed by atoms with van der Waals surface area (Å²) in [6.07, 6.45) is -0.552. The van der Waals surface area contributed by atoms with Crippen LogP contribution >= 0.6 is 0 Å². The van der Waals surface area contributed by atoms with E-state index in [9.17, 15) is 0 Å². The molecule has 0 N–H and O–H groups in total. The van der Waals surface area contributed by atoms with E-state index < -0.39 is 6.35 Å². The quantitative estimate of drug-likeness (QED) is 0.135. The second kappa shape index (κ2) is 15.7. The number of fused-ring (bicyclic) bond motifs is 4. The van der Waals surface area contributed by atoms with Crippen LogP contribution in [0.3, 0.4) is 0 Å². The number of hydrogen-bond acceptors (Lipinski definition) is 4. The van der Waals surface area contributed by atoms with Gasteiger partial charge in [0.25, 0.3) is 0 Å². The van der Waals surface area contributed by atoms with Crippen molar-refractivity contribution in [3.05, 3.63) is 215 Å². The first-order valence-electron chi connectivity index (χ1n) is 20.6. The first-order valence-corrected chi connectivity index (χ1v) is 20.6. The minimum absolute atomic E-state index is 0. The van der Waals surface area contributed by atoms with Crippen molar-refractivity contribution in [1.29, 1.82) is 0 Å². The largest absolute Gasteiger partial charge is 4.00 e. The molecule has 0 aliphatic carbocycles. The maximum Gasteiger partial charge on any atom is 4.00 e. The SMILES string of the molecule is CC1=C(C)N(c2cc(C(C)(C)c3ccccc3)cc(C(C)(C)c3ccccc3)c2)[CH-]N1c1[c-]c(Oc2[c-]c3c(cc2)c2ccccc2n3C2[N-]c3ccccc3O2)ccc1.[Pt+4]. The average Bonchev–Trinajstić information content (AvgIpc) is 3.95. The molecule has 2 aliphatic rings. The Morgan fingerprint density at radius 3 is 1.89 bits per heavy atom. The van der Waals surface area contributed by atoms with Crippen LogP contribution in [0, 0.1) is 18.8 Å². The number of hydrogen-bond donors (Lipinski definition) is 0. The number of aromatic nitrogens is 1. The van der Waals surface area contributed by atoms with E-state index in [4.69, 9.17) is 14.8 Å². The van der Waals surface area contributed by atoms with E-state index in [-0.39, 0.29) is 31.9 Å². The van der Waals surface area contributed by atoms with Crippen LogP contribution in [-0.4, -0.2) is 4.57 Å². The molecule has 0 fully saturated rings. The van der Waals surface area contributed by atoms with Crippen LogP contribution < -0.4 is 19.3 Å². The van der Waals surface area contributed by atoms with Gasteiger partial charge in [-0.15, -0.1) is 48.1 Å². The molecule has 10 rings (SSSR count). The molecule has 1 unspecified atom stereocenters. The van der Waals surface area contributed by atoms with Gasteiger partial charge in [-0.1, -0.05) is 142 Å². The number of nitrogens with zero attached hydrogens (tertiary/aromatic N) is 4. The van der Waals surface area contributed by atoms with Crippen molar-refractivity contribution in [2.24, 2.45) is 0 Å². The Kier molecular flexibility index (Phi) is 10.3. The molecule has 0 saturated heterocycles. The van der Waals surface area contributed by atoms with E-state index in [0.717, 1.165) is 56.0 Å². The van der Waals surface area contributed by atoms with Gasteiger partial charge < -0.3 is 29.2 Å². The zero-order valence-corrected chi connectivity index (χ0v) is 37.4. The molecule has 7 aromatic carbocycles. The van der Waals surface area contributed by atoms with E-state index in [2.05, 4.69) is 184 Å². The van der Waals surface area contributed by atoms with Crippen molar-refractivity contribution in [2.75, 3.05) is 9.80 Å². The molecule has 304 valence electrons. The van der Waals surface area contributed by atoms with Gasteiger partial charge in [-0.05, 0) is 65.8 Å². The van der Waals surface area contributed by atoms with Crippen LogP contribution in [0.2, 0.25) is 0 Å². The van der Waals surface area contributed by atoms with E-state index in [1.807, 2.05) is 48.5 Å². The topological polar surface area (TPSA) is 44.0 Å². The van der Waals surface area contributed by atoms with Gasteiger partial charge in [-0.3, -0.25) is 0 Å². The molecule has 0 saturated carbocycles.